The summed E-state index contributed by atoms with van der Waals surface area (Å²) in [5.74, 6) is -0.684. The predicted molar refractivity (Wildman–Crippen MR) is 114 cm³/mol. The molecule has 1 amide bonds. The van der Waals surface area contributed by atoms with Crippen molar-refractivity contribution in [1.82, 2.24) is 4.90 Å². The molecular weight excluding hydrogens is 424 g/mol. The van der Waals surface area contributed by atoms with E-state index in [9.17, 15) is 19.7 Å². The Morgan fingerprint density at radius 3 is 2.50 bits per heavy atom. The van der Waals surface area contributed by atoms with Gasteiger partial charge in [-0.2, -0.15) is 0 Å². The van der Waals surface area contributed by atoms with Crippen LogP contribution >= 0.6 is 23.5 Å². The summed E-state index contributed by atoms with van der Waals surface area (Å²) in [5, 5.41) is 10.6. The number of ether oxygens (including phenoxy) is 1. The van der Waals surface area contributed by atoms with Crippen LogP contribution in [-0.2, 0) is 20.9 Å². The molecule has 30 heavy (non-hydrogen) atoms. The molecule has 0 aliphatic carbocycles. The number of hydrogen-bond acceptors (Lipinski definition) is 7. The van der Waals surface area contributed by atoms with Crippen LogP contribution in [0.1, 0.15) is 19.4 Å². The summed E-state index contributed by atoms with van der Waals surface area (Å²) < 4.78 is 6.20. The minimum Gasteiger partial charge on any atom is -0.456 e. The Labute approximate surface area is 181 Å². The first-order valence-corrected chi connectivity index (χ1v) is 10.9. The van der Waals surface area contributed by atoms with E-state index in [0.717, 1.165) is 9.13 Å². The van der Waals surface area contributed by atoms with Crippen molar-refractivity contribution < 1.29 is 19.2 Å². The summed E-state index contributed by atoms with van der Waals surface area (Å²) in [6, 6.07) is 15.5. The predicted octanol–water partition coefficient (Wildman–Crippen LogP) is 4.54. The zero-order valence-corrected chi connectivity index (χ0v) is 17.9. The smallest absolute Gasteiger partial charge is 0.357 e. The van der Waals surface area contributed by atoms with Crippen LogP contribution in [-0.4, -0.2) is 27.1 Å². The molecule has 0 saturated carbocycles. The van der Waals surface area contributed by atoms with Gasteiger partial charge in [-0.15, -0.1) is 0 Å². The topological polar surface area (TPSA) is 89.8 Å². The van der Waals surface area contributed by atoms with E-state index in [-0.39, 0.29) is 29.3 Å². The monoisotopic (exact) mass is 442 g/mol. The molecule has 2 aliphatic heterocycles. The summed E-state index contributed by atoms with van der Waals surface area (Å²) in [6.45, 7) is 3.71. The fourth-order valence-corrected chi connectivity index (χ4v) is 5.97. The number of nitro groups is 1. The highest BCUT2D eigenvalue weighted by atomic mass is 32.2. The van der Waals surface area contributed by atoms with Crippen molar-refractivity contribution in [2.24, 2.45) is 5.41 Å². The van der Waals surface area contributed by atoms with Gasteiger partial charge in [0.2, 0.25) is 5.91 Å². The third-order valence-corrected chi connectivity index (χ3v) is 7.80. The van der Waals surface area contributed by atoms with Crippen LogP contribution in [0.5, 0.6) is 0 Å². The molecule has 4 rings (SSSR count). The van der Waals surface area contributed by atoms with E-state index in [2.05, 4.69) is 0 Å². The first-order valence-electron chi connectivity index (χ1n) is 9.17. The first kappa shape index (κ1) is 20.5. The number of rotatable bonds is 6. The number of nitrogens with zero attached hydrogens (tertiary/aromatic N) is 2. The number of non-ortho nitro benzene ring substituents is 1. The van der Waals surface area contributed by atoms with Gasteiger partial charge in [-0.3, -0.25) is 19.8 Å². The Bertz CT molecular complexity index is 1050. The van der Waals surface area contributed by atoms with Crippen LogP contribution in [0.3, 0.4) is 0 Å². The minimum atomic E-state index is -0.578. The lowest BCUT2D eigenvalue weighted by molar-refractivity contribution is -0.384. The molecule has 0 aromatic heterocycles. The van der Waals surface area contributed by atoms with Gasteiger partial charge in [-0.25, -0.2) is 4.79 Å². The van der Waals surface area contributed by atoms with Crippen molar-refractivity contribution in [3.05, 3.63) is 80.2 Å². The molecule has 2 heterocycles. The molecular formula is C21H18N2O5S2. The molecule has 0 radical (unpaired) electrons. The zero-order chi connectivity index (χ0) is 21.5. The van der Waals surface area contributed by atoms with Gasteiger partial charge in [0.05, 0.1) is 14.6 Å². The number of esters is 1. The molecule has 2 aliphatic rings. The second-order valence-electron chi connectivity index (χ2n) is 7.42. The van der Waals surface area contributed by atoms with Gasteiger partial charge in [0, 0.05) is 17.0 Å². The molecule has 1 fully saturated rings. The molecule has 2 aromatic carbocycles. The Morgan fingerprint density at radius 1 is 1.20 bits per heavy atom. The van der Waals surface area contributed by atoms with Crippen molar-refractivity contribution in [3.63, 3.8) is 0 Å². The van der Waals surface area contributed by atoms with E-state index in [1.165, 1.54) is 40.6 Å². The van der Waals surface area contributed by atoms with Gasteiger partial charge in [0.1, 0.15) is 12.0 Å². The number of benzene rings is 2. The van der Waals surface area contributed by atoms with Gasteiger partial charge in [0.15, 0.2) is 5.70 Å². The molecule has 0 spiro atoms. The van der Waals surface area contributed by atoms with Crippen LogP contribution < -0.4 is 0 Å². The molecule has 1 saturated heterocycles. The fraction of sp³-hybridized carbons (Fsp3) is 0.238. The van der Waals surface area contributed by atoms with E-state index in [0.29, 0.717) is 5.56 Å². The quantitative estimate of drug-likeness (QED) is 0.281. The third-order valence-electron chi connectivity index (χ3n) is 4.94. The van der Waals surface area contributed by atoms with Crippen LogP contribution in [0.15, 0.2) is 69.4 Å². The molecule has 7 nitrogen and oxygen atoms in total. The highest BCUT2D eigenvalue weighted by molar-refractivity contribution is 8.22. The van der Waals surface area contributed by atoms with Crippen LogP contribution in [0.2, 0.25) is 0 Å². The van der Waals surface area contributed by atoms with Crippen LogP contribution in [0, 0.1) is 15.5 Å². The summed E-state index contributed by atoms with van der Waals surface area (Å²) >= 11 is 2.94. The molecule has 1 atom stereocenters. The number of carbonyl (C=O) groups excluding carboxylic acids is 2. The van der Waals surface area contributed by atoms with Gasteiger partial charge < -0.3 is 4.74 Å². The second-order valence-corrected chi connectivity index (χ2v) is 9.85. The average Bonchev–Trinajstić information content (AvgIpc) is 3.10. The van der Waals surface area contributed by atoms with E-state index in [4.69, 9.17) is 4.74 Å². The van der Waals surface area contributed by atoms with Gasteiger partial charge >= 0.3 is 5.97 Å². The van der Waals surface area contributed by atoms with Crippen molar-refractivity contribution in [1.29, 1.82) is 0 Å². The minimum absolute atomic E-state index is 0.0298. The number of nitro benzene ring substituents is 1. The lowest BCUT2D eigenvalue weighted by Crippen LogP contribution is -2.63. The summed E-state index contributed by atoms with van der Waals surface area (Å²) in [4.78, 5) is 38.4. The average molecular weight is 443 g/mol. The fourth-order valence-electron chi connectivity index (χ4n) is 3.23. The molecule has 0 unspecified atom stereocenters. The standard InChI is InChI=1S/C21H18N2O5S2/c1-21(2)19(25)22-16(18(30-20(21)22)29-15-6-4-3-5-7-15)17(24)28-12-13-8-10-14(11-9-13)23(26)27/h3-11,20H,12H2,1-2H3/t20-/m1/s1. The van der Waals surface area contributed by atoms with Crippen LogP contribution in [0.25, 0.3) is 0 Å². The number of thioether (sulfide) groups is 2. The number of carbonyl (C=O) groups is 2. The summed E-state index contributed by atoms with van der Waals surface area (Å²) in [6.07, 6.45) is 0. The number of amides is 1. The Morgan fingerprint density at radius 2 is 1.87 bits per heavy atom. The Hall–Kier alpha value is -2.78. The van der Waals surface area contributed by atoms with E-state index < -0.39 is 16.3 Å². The summed E-state index contributed by atoms with van der Waals surface area (Å²) in [5.41, 5.74) is 0.320. The molecule has 0 bridgehead atoms. The van der Waals surface area contributed by atoms with Crippen molar-refractivity contribution >= 4 is 41.1 Å². The van der Waals surface area contributed by atoms with Gasteiger partial charge in [-0.1, -0.05) is 41.7 Å². The number of fused-ring (bicyclic) bond motifs is 1. The third kappa shape index (κ3) is 3.59. The number of hydrogen-bond donors (Lipinski definition) is 0. The van der Waals surface area contributed by atoms with Crippen molar-refractivity contribution in [2.45, 2.75) is 30.7 Å². The first-order chi connectivity index (χ1) is 14.3. The second kappa shape index (κ2) is 7.81. The van der Waals surface area contributed by atoms with E-state index in [1.54, 1.807) is 12.1 Å². The van der Waals surface area contributed by atoms with Crippen LogP contribution in [0.4, 0.5) is 5.69 Å². The Kier molecular flexibility index (Phi) is 5.33. The maximum absolute atomic E-state index is 12.9. The molecule has 2 aromatic rings. The highest BCUT2D eigenvalue weighted by Crippen LogP contribution is 2.58. The van der Waals surface area contributed by atoms with Gasteiger partial charge in [-0.05, 0) is 43.7 Å². The zero-order valence-electron chi connectivity index (χ0n) is 16.2. The van der Waals surface area contributed by atoms with E-state index >= 15 is 0 Å². The van der Waals surface area contributed by atoms with Crippen molar-refractivity contribution in [3.8, 4) is 0 Å². The molecule has 9 heteroatoms. The normalized spacial score (nSPS) is 19.3. The molecule has 154 valence electrons. The SMILES string of the molecule is CC1(C)C(=O)N2C(C(=O)OCc3ccc([N+](=O)[O-])cc3)=C(Sc3ccccc3)S[C@@H]21. The van der Waals surface area contributed by atoms with Gasteiger partial charge in [0.25, 0.3) is 5.69 Å². The van der Waals surface area contributed by atoms with Crippen molar-refractivity contribution in [2.75, 3.05) is 0 Å². The lowest BCUT2D eigenvalue weighted by atomic mass is 9.82. The van der Waals surface area contributed by atoms with E-state index in [1.807, 2.05) is 44.2 Å². The summed E-state index contributed by atoms with van der Waals surface area (Å²) in [7, 11) is 0. The highest BCUT2D eigenvalue weighted by Gasteiger charge is 2.61. The lowest BCUT2D eigenvalue weighted by Gasteiger charge is -2.48. The Balaban J connectivity index is 1.54. The maximum Gasteiger partial charge on any atom is 0.357 e. The molecule has 0 N–H and O–H groups in total. The largest absolute Gasteiger partial charge is 0.456 e. The number of β-lactam (4-membered cyclic amide) rings is 1. The maximum atomic E-state index is 12.9.